The second-order valence-electron chi connectivity index (χ2n) is 3.31. The zero-order chi connectivity index (χ0) is 11.4. The summed E-state index contributed by atoms with van der Waals surface area (Å²) in [6.07, 6.45) is 1.77. The summed E-state index contributed by atoms with van der Waals surface area (Å²) in [5, 5.41) is 5.52. The van der Waals surface area contributed by atoms with Gasteiger partial charge in [0.25, 0.3) is 0 Å². The van der Waals surface area contributed by atoms with E-state index in [4.69, 9.17) is 16.1 Å². The summed E-state index contributed by atoms with van der Waals surface area (Å²) < 4.78 is 5.14. The van der Waals surface area contributed by atoms with E-state index in [0.717, 1.165) is 23.7 Å². The van der Waals surface area contributed by atoms with Gasteiger partial charge in [0.2, 0.25) is 11.7 Å². The molecule has 2 rings (SSSR count). The van der Waals surface area contributed by atoms with Crippen LogP contribution < -0.4 is 0 Å². The van der Waals surface area contributed by atoms with E-state index < -0.39 is 0 Å². The molecular formula is C11H10BrClN2O. The number of hydrogen-bond acceptors (Lipinski definition) is 3. The lowest BCUT2D eigenvalue weighted by Crippen LogP contribution is -1.86. The van der Waals surface area contributed by atoms with Crippen molar-refractivity contribution in [2.45, 2.75) is 12.8 Å². The van der Waals surface area contributed by atoms with Crippen molar-refractivity contribution in [3.8, 4) is 11.4 Å². The SMILES string of the molecule is Clc1cccc(-c2noc(CCCBr)n2)c1. The highest BCUT2D eigenvalue weighted by atomic mass is 79.9. The smallest absolute Gasteiger partial charge is 0.226 e. The Morgan fingerprint density at radius 1 is 1.38 bits per heavy atom. The molecule has 0 fully saturated rings. The average Bonchev–Trinajstić information content (AvgIpc) is 2.75. The summed E-state index contributed by atoms with van der Waals surface area (Å²) in [4.78, 5) is 4.30. The molecule has 16 heavy (non-hydrogen) atoms. The molecule has 0 unspecified atom stereocenters. The molecule has 0 atom stereocenters. The van der Waals surface area contributed by atoms with Crippen molar-refractivity contribution in [1.29, 1.82) is 0 Å². The van der Waals surface area contributed by atoms with Gasteiger partial charge in [-0.1, -0.05) is 44.8 Å². The Balaban J connectivity index is 2.18. The number of rotatable bonds is 4. The van der Waals surface area contributed by atoms with Crippen LogP contribution >= 0.6 is 27.5 Å². The molecule has 1 aromatic carbocycles. The van der Waals surface area contributed by atoms with Gasteiger partial charge in [-0.15, -0.1) is 0 Å². The van der Waals surface area contributed by atoms with Crippen LogP contribution in [-0.2, 0) is 6.42 Å². The Labute approximate surface area is 107 Å². The van der Waals surface area contributed by atoms with Crippen LogP contribution in [0.5, 0.6) is 0 Å². The molecule has 1 heterocycles. The van der Waals surface area contributed by atoms with Gasteiger partial charge < -0.3 is 4.52 Å². The zero-order valence-corrected chi connectivity index (χ0v) is 10.8. The van der Waals surface area contributed by atoms with Crippen LogP contribution in [0.4, 0.5) is 0 Å². The minimum absolute atomic E-state index is 0.590. The summed E-state index contributed by atoms with van der Waals surface area (Å²) >= 11 is 9.25. The van der Waals surface area contributed by atoms with E-state index in [2.05, 4.69) is 26.1 Å². The summed E-state index contributed by atoms with van der Waals surface area (Å²) in [5.74, 6) is 1.25. The number of aromatic nitrogens is 2. The third-order valence-corrected chi connectivity index (χ3v) is 2.87. The third kappa shape index (κ3) is 2.83. The maximum atomic E-state index is 5.89. The largest absolute Gasteiger partial charge is 0.339 e. The molecule has 5 heteroatoms. The number of benzene rings is 1. The first kappa shape index (κ1) is 11.6. The highest BCUT2D eigenvalue weighted by Crippen LogP contribution is 2.20. The Kier molecular flexibility index (Phi) is 3.96. The highest BCUT2D eigenvalue weighted by molar-refractivity contribution is 9.09. The summed E-state index contributed by atoms with van der Waals surface area (Å²) in [5.41, 5.74) is 0.876. The quantitative estimate of drug-likeness (QED) is 0.808. The molecule has 0 radical (unpaired) electrons. The number of alkyl halides is 1. The van der Waals surface area contributed by atoms with Gasteiger partial charge in [0.1, 0.15) is 0 Å². The molecule has 3 nitrogen and oxygen atoms in total. The van der Waals surface area contributed by atoms with E-state index in [1.165, 1.54) is 0 Å². The second kappa shape index (κ2) is 5.46. The number of halogens is 2. The van der Waals surface area contributed by atoms with Crippen molar-refractivity contribution >= 4 is 27.5 Å². The molecule has 0 amide bonds. The first-order chi connectivity index (χ1) is 7.79. The maximum absolute atomic E-state index is 5.89. The van der Waals surface area contributed by atoms with Crippen LogP contribution in [0.1, 0.15) is 12.3 Å². The van der Waals surface area contributed by atoms with Crippen molar-refractivity contribution in [3.05, 3.63) is 35.2 Å². The van der Waals surface area contributed by atoms with Crippen LogP contribution in [0.25, 0.3) is 11.4 Å². The maximum Gasteiger partial charge on any atom is 0.226 e. The van der Waals surface area contributed by atoms with Crippen molar-refractivity contribution in [1.82, 2.24) is 10.1 Å². The summed E-state index contributed by atoms with van der Waals surface area (Å²) in [6, 6.07) is 7.41. The molecule has 0 aliphatic carbocycles. The number of hydrogen-bond donors (Lipinski definition) is 0. The monoisotopic (exact) mass is 300 g/mol. The van der Waals surface area contributed by atoms with Gasteiger partial charge in [-0.05, 0) is 18.6 Å². The lowest BCUT2D eigenvalue weighted by Gasteiger charge is -1.93. The molecule has 0 saturated heterocycles. The fourth-order valence-corrected chi connectivity index (χ4v) is 1.79. The van der Waals surface area contributed by atoms with E-state index in [-0.39, 0.29) is 0 Å². The fraction of sp³-hybridized carbons (Fsp3) is 0.273. The highest BCUT2D eigenvalue weighted by Gasteiger charge is 2.08. The van der Waals surface area contributed by atoms with Crippen molar-refractivity contribution in [3.63, 3.8) is 0 Å². The molecule has 0 saturated carbocycles. The van der Waals surface area contributed by atoms with Crippen LogP contribution in [0.2, 0.25) is 5.02 Å². The van der Waals surface area contributed by atoms with Gasteiger partial charge in [0.15, 0.2) is 0 Å². The predicted octanol–water partition coefficient (Wildman–Crippen LogP) is 3.72. The lowest BCUT2D eigenvalue weighted by molar-refractivity contribution is 0.378. The Bertz CT molecular complexity index is 473. The predicted molar refractivity (Wildman–Crippen MR) is 66.9 cm³/mol. The molecule has 84 valence electrons. The first-order valence-electron chi connectivity index (χ1n) is 4.94. The van der Waals surface area contributed by atoms with Gasteiger partial charge in [0.05, 0.1) is 0 Å². The Morgan fingerprint density at radius 2 is 2.25 bits per heavy atom. The summed E-state index contributed by atoms with van der Waals surface area (Å²) in [7, 11) is 0. The van der Waals surface area contributed by atoms with E-state index in [0.29, 0.717) is 16.7 Å². The second-order valence-corrected chi connectivity index (χ2v) is 4.54. The van der Waals surface area contributed by atoms with Gasteiger partial charge in [-0.25, -0.2) is 0 Å². The summed E-state index contributed by atoms with van der Waals surface area (Å²) in [6.45, 7) is 0. The van der Waals surface area contributed by atoms with Crippen LogP contribution in [0.15, 0.2) is 28.8 Å². The van der Waals surface area contributed by atoms with Crippen molar-refractivity contribution in [2.24, 2.45) is 0 Å². The molecule has 1 aromatic heterocycles. The van der Waals surface area contributed by atoms with Gasteiger partial charge >= 0.3 is 0 Å². The van der Waals surface area contributed by atoms with Crippen LogP contribution in [0.3, 0.4) is 0 Å². The molecule has 0 bridgehead atoms. The van der Waals surface area contributed by atoms with Crippen molar-refractivity contribution < 1.29 is 4.52 Å². The van der Waals surface area contributed by atoms with E-state index in [1.807, 2.05) is 24.3 Å². The van der Waals surface area contributed by atoms with Crippen LogP contribution in [0, 0.1) is 0 Å². The van der Waals surface area contributed by atoms with Gasteiger partial charge in [0, 0.05) is 22.3 Å². The normalized spacial score (nSPS) is 10.6. The molecule has 0 aliphatic rings. The van der Waals surface area contributed by atoms with E-state index >= 15 is 0 Å². The first-order valence-corrected chi connectivity index (χ1v) is 6.44. The molecular weight excluding hydrogens is 291 g/mol. The number of nitrogens with zero attached hydrogens (tertiary/aromatic N) is 2. The zero-order valence-electron chi connectivity index (χ0n) is 8.49. The molecule has 0 N–H and O–H groups in total. The molecule has 2 aromatic rings. The van der Waals surface area contributed by atoms with Crippen molar-refractivity contribution in [2.75, 3.05) is 5.33 Å². The lowest BCUT2D eigenvalue weighted by atomic mass is 10.2. The Morgan fingerprint density at radius 3 is 3.00 bits per heavy atom. The standard InChI is InChI=1S/C11H10BrClN2O/c12-6-2-5-10-14-11(15-16-10)8-3-1-4-9(13)7-8/h1,3-4,7H,2,5-6H2. The van der Waals surface area contributed by atoms with Gasteiger partial charge in [-0.2, -0.15) is 4.98 Å². The minimum Gasteiger partial charge on any atom is -0.339 e. The third-order valence-electron chi connectivity index (χ3n) is 2.08. The Hall–Kier alpha value is -0.870. The van der Waals surface area contributed by atoms with E-state index in [1.54, 1.807) is 0 Å². The van der Waals surface area contributed by atoms with Crippen LogP contribution in [-0.4, -0.2) is 15.5 Å². The fourth-order valence-electron chi connectivity index (χ4n) is 1.32. The minimum atomic E-state index is 0.590. The molecule has 0 aliphatic heterocycles. The molecule has 0 spiro atoms. The van der Waals surface area contributed by atoms with E-state index in [9.17, 15) is 0 Å². The average molecular weight is 302 g/mol. The topological polar surface area (TPSA) is 38.9 Å². The van der Waals surface area contributed by atoms with Gasteiger partial charge in [-0.3, -0.25) is 0 Å². The number of aryl methyl sites for hydroxylation is 1.